The molecule has 2 aromatic carbocycles. The van der Waals surface area contributed by atoms with Gasteiger partial charge < -0.3 is 9.84 Å². The van der Waals surface area contributed by atoms with Gasteiger partial charge in [-0.3, -0.25) is 9.11 Å². The van der Waals surface area contributed by atoms with Gasteiger partial charge in [-0.05, 0) is 48.1 Å². The van der Waals surface area contributed by atoms with Crippen LogP contribution in [0.1, 0.15) is 56.6 Å². The summed E-state index contributed by atoms with van der Waals surface area (Å²) in [7, 11) is -3.18. The van der Waals surface area contributed by atoms with Crippen LogP contribution in [0.25, 0.3) is 0 Å². The first-order valence-electron chi connectivity index (χ1n) is 10.9. The number of carboxylic acid groups (broad SMARTS) is 1. The van der Waals surface area contributed by atoms with Gasteiger partial charge in [-0.1, -0.05) is 50.6 Å². The molecule has 180 valence electrons. The van der Waals surface area contributed by atoms with Crippen LogP contribution in [0.3, 0.4) is 0 Å². The summed E-state index contributed by atoms with van der Waals surface area (Å²) in [5.74, 6) is -2.76. The SMILES string of the molecule is CCCC1(CC)CC(c2ccccc2)c2cc(SC)c(O/C=C(\F)C(=O)O)cc2S(O)(O)C1. The molecule has 2 atom stereocenters. The highest BCUT2D eigenvalue weighted by atomic mass is 32.3. The first kappa shape index (κ1) is 25.6. The van der Waals surface area contributed by atoms with Gasteiger partial charge in [0.1, 0.15) is 12.0 Å². The molecule has 0 aromatic heterocycles. The van der Waals surface area contributed by atoms with Crippen LogP contribution in [0, 0.1) is 5.41 Å². The molecule has 2 unspecified atom stereocenters. The molecule has 3 rings (SSSR count). The molecule has 1 aliphatic heterocycles. The van der Waals surface area contributed by atoms with E-state index >= 15 is 0 Å². The predicted octanol–water partition coefficient (Wildman–Crippen LogP) is 7.52. The normalized spacial score (nSPS) is 23.3. The molecule has 1 aliphatic rings. The van der Waals surface area contributed by atoms with Crippen molar-refractivity contribution in [3.05, 3.63) is 65.7 Å². The number of halogens is 1. The molecular formula is C25H31FO5S2. The molecule has 2 aromatic rings. The topological polar surface area (TPSA) is 87.0 Å². The van der Waals surface area contributed by atoms with Crippen molar-refractivity contribution in [1.29, 1.82) is 0 Å². The zero-order valence-electron chi connectivity index (χ0n) is 19.1. The van der Waals surface area contributed by atoms with Crippen LogP contribution in [-0.2, 0) is 4.79 Å². The Labute approximate surface area is 200 Å². The smallest absolute Gasteiger partial charge is 0.368 e. The van der Waals surface area contributed by atoms with Gasteiger partial charge in [-0.2, -0.15) is 15.0 Å². The standard InChI is InChI=1S/C25H31FO5S2/c1-4-11-25(5-2)14-19(17-9-7-6-8-10-17)18-12-22(32-3)21(31-15-20(26)24(27)28)13-23(18)33(29,30)16-25/h6-10,12-13,15,19,29-30H,4-5,11,14,16H2,1-3H3,(H,27,28)/b20-15-. The lowest BCUT2D eigenvalue weighted by atomic mass is 9.72. The van der Waals surface area contributed by atoms with E-state index in [2.05, 4.69) is 26.0 Å². The maximum atomic E-state index is 13.6. The second-order valence-electron chi connectivity index (χ2n) is 8.51. The van der Waals surface area contributed by atoms with Crippen LogP contribution in [0.4, 0.5) is 4.39 Å². The van der Waals surface area contributed by atoms with E-state index in [1.54, 1.807) is 6.07 Å². The van der Waals surface area contributed by atoms with Crippen LogP contribution in [0.5, 0.6) is 5.75 Å². The lowest BCUT2D eigenvalue weighted by Crippen LogP contribution is -2.28. The largest absolute Gasteiger partial charge is 0.476 e. The molecule has 5 nitrogen and oxygen atoms in total. The van der Waals surface area contributed by atoms with Crippen LogP contribution in [0.2, 0.25) is 0 Å². The van der Waals surface area contributed by atoms with E-state index < -0.39 is 22.4 Å². The van der Waals surface area contributed by atoms with E-state index in [-0.39, 0.29) is 22.8 Å². The van der Waals surface area contributed by atoms with E-state index in [1.807, 2.05) is 30.5 Å². The Kier molecular flexibility index (Phi) is 8.16. The van der Waals surface area contributed by atoms with E-state index in [9.17, 15) is 18.3 Å². The molecular weight excluding hydrogens is 463 g/mol. The zero-order chi connectivity index (χ0) is 24.2. The Morgan fingerprint density at radius 1 is 1.27 bits per heavy atom. The number of hydrogen-bond acceptors (Lipinski definition) is 5. The molecule has 0 amide bonds. The third-order valence-electron chi connectivity index (χ3n) is 6.39. The van der Waals surface area contributed by atoms with Gasteiger partial charge in [-0.15, -0.1) is 11.8 Å². The van der Waals surface area contributed by atoms with Gasteiger partial charge in [0.25, 0.3) is 0 Å². The average Bonchev–Trinajstić information content (AvgIpc) is 2.89. The third kappa shape index (κ3) is 5.57. The summed E-state index contributed by atoms with van der Waals surface area (Å²) in [5.41, 5.74) is 1.68. The molecule has 0 saturated carbocycles. The molecule has 0 fully saturated rings. The number of hydrogen-bond donors (Lipinski definition) is 3. The van der Waals surface area contributed by atoms with E-state index in [0.717, 1.165) is 36.8 Å². The van der Waals surface area contributed by atoms with Crippen LogP contribution in [0.15, 0.2) is 64.3 Å². The number of benzene rings is 2. The fourth-order valence-electron chi connectivity index (χ4n) is 4.75. The van der Waals surface area contributed by atoms with Crippen molar-refractivity contribution < 1.29 is 28.1 Å². The molecule has 0 saturated heterocycles. The summed E-state index contributed by atoms with van der Waals surface area (Å²) in [6, 6.07) is 13.5. The first-order valence-corrected chi connectivity index (χ1v) is 13.9. The average molecular weight is 495 g/mol. The Morgan fingerprint density at radius 3 is 2.55 bits per heavy atom. The molecule has 0 radical (unpaired) electrons. The minimum Gasteiger partial charge on any atom is -0.476 e. The highest BCUT2D eigenvalue weighted by Gasteiger charge is 2.42. The molecule has 0 bridgehead atoms. The van der Waals surface area contributed by atoms with Gasteiger partial charge in [0.05, 0.1) is 9.79 Å². The second kappa shape index (κ2) is 10.5. The first-order chi connectivity index (χ1) is 15.7. The Bertz CT molecular complexity index is 1020. The maximum Gasteiger partial charge on any atom is 0.368 e. The number of carbonyl (C=O) groups is 1. The lowest BCUT2D eigenvalue weighted by Gasteiger charge is -2.41. The van der Waals surface area contributed by atoms with Crippen molar-refractivity contribution >= 4 is 28.3 Å². The van der Waals surface area contributed by atoms with Crippen LogP contribution in [-0.4, -0.2) is 32.2 Å². The number of fused-ring (bicyclic) bond motifs is 1. The minimum atomic E-state index is -3.18. The summed E-state index contributed by atoms with van der Waals surface area (Å²) in [6.07, 6.45) is 5.79. The summed E-state index contributed by atoms with van der Waals surface area (Å²) < 4.78 is 41.7. The zero-order valence-corrected chi connectivity index (χ0v) is 20.7. The lowest BCUT2D eigenvalue weighted by molar-refractivity contribution is -0.134. The van der Waals surface area contributed by atoms with Crippen LogP contribution < -0.4 is 4.74 Å². The molecule has 3 N–H and O–H groups in total. The summed E-state index contributed by atoms with van der Waals surface area (Å²) in [4.78, 5) is 11.9. The Hall–Kier alpha value is -2.00. The van der Waals surface area contributed by atoms with Crippen molar-refractivity contribution in [2.75, 3.05) is 12.0 Å². The van der Waals surface area contributed by atoms with Gasteiger partial charge >= 0.3 is 5.97 Å². The van der Waals surface area contributed by atoms with Crippen LogP contribution >= 0.6 is 22.4 Å². The van der Waals surface area contributed by atoms with Gasteiger partial charge in [0.15, 0.2) is 0 Å². The van der Waals surface area contributed by atoms with Gasteiger partial charge in [0.2, 0.25) is 5.83 Å². The number of carboxylic acids is 1. The molecule has 33 heavy (non-hydrogen) atoms. The van der Waals surface area contributed by atoms with E-state index in [4.69, 9.17) is 9.84 Å². The van der Waals surface area contributed by atoms with E-state index in [1.165, 1.54) is 11.8 Å². The van der Waals surface area contributed by atoms with Crippen molar-refractivity contribution in [3.63, 3.8) is 0 Å². The monoisotopic (exact) mass is 494 g/mol. The summed E-state index contributed by atoms with van der Waals surface area (Å²) in [6.45, 7) is 4.21. The number of ether oxygens (including phenoxy) is 1. The highest BCUT2D eigenvalue weighted by molar-refractivity contribution is 8.24. The Morgan fingerprint density at radius 2 is 1.97 bits per heavy atom. The fourth-order valence-corrected chi connectivity index (χ4v) is 7.65. The highest BCUT2D eigenvalue weighted by Crippen LogP contribution is 2.63. The number of aliphatic carboxylic acids is 1. The van der Waals surface area contributed by atoms with Gasteiger partial charge in [-0.25, -0.2) is 4.79 Å². The van der Waals surface area contributed by atoms with Crippen molar-refractivity contribution in [2.24, 2.45) is 5.41 Å². The second-order valence-corrected chi connectivity index (χ2v) is 11.4. The number of rotatable bonds is 8. The Balaban J connectivity index is 2.23. The minimum absolute atomic E-state index is 0.0485. The van der Waals surface area contributed by atoms with E-state index in [0.29, 0.717) is 16.1 Å². The fraction of sp³-hybridized carbons (Fsp3) is 0.400. The molecule has 0 aliphatic carbocycles. The predicted molar refractivity (Wildman–Crippen MR) is 132 cm³/mol. The van der Waals surface area contributed by atoms with Crippen molar-refractivity contribution in [2.45, 2.75) is 55.2 Å². The molecule has 8 heteroatoms. The third-order valence-corrected chi connectivity index (χ3v) is 9.23. The maximum absolute atomic E-state index is 13.6. The quantitative estimate of drug-likeness (QED) is 0.200. The molecule has 0 spiro atoms. The summed E-state index contributed by atoms with van der Waals surface area (Å²) >= 11 is 1.37. The summed E-state index contributed by atoms with van der Waals surface area (Å²) in [5, 5.41) is 8.79. The number of thioether (sulfide) groups is 1. The van der Waals surface area contributed by atoms with Crippen molar-refractivity contribution in [1.82, 2.24) is 0 Å². The van der Waals surface area contributed by atoms with Crippen molar-refractivity contribution in [3.8, 4) is 5.75 Å². The molecule has 1 heterocycles. The van der Waals surface area contributed by atoms with Gasteiger partial charge in [0, 0.05) is 17.7 Å².